The Morgan fingerprint density at radius 3 is 2.83 bits per heavy atom. The molecule has 0 bridgehead atoms. The van der Waals surface area contributed by atoms with Crippen LogP contribution >= 0.6 is 23.2 Å². The summed E-state index contributed by atoms with van der Waals surface area (Å²) in [6.45, 7) is -0.0371. The molecule has 7 heteroatoms. The maximum absolute atomic E-state index is 12.3. The molecule has 124 valence electrons. The minimum Gasteiger partial charge on any atom is -0.496 e. The maximum Gasteiger partial charge on any atom is 0.230 e. The lowest BCUT2D eigenvalue weighted by atomic mass is 9.93. The van der Waals surface area contributed by atoms with E-state index in [1.807, 2.05) is 0 Å². The van der Waals surface area contributed by atoms with Crippen molar-refractivity contribution in [1.82, 2.24) is 4.90 Å². The van der Waals surface area contributed by atoms with Crippen molar-refractivity contribution in [2.45, 2.75) is 24.4 Å². The van der Waals surface area contributed by atoms with E-state index in [0.29, 0.717) is 34.5 Å². The van der Waals surface area contributed by atoms with Gasteiger partial charge >= 0.3 is 0 Å². The van der Waals surface area contributed by atoms with Crippen molar-refractivity contribution in [1.29, 1.82) is 0 Å². The standard InChI is InChI=1S/C16H17Cl2NO4/c1-23-12-3-2-11(17)15(18)14(12)9-4-10-5-16(22,8-20)6-13(21)19(10)7-9/h2-3,5,9,20,22H,4,6-8H2,1H3/t9-,16?/m0/s1. The summed E-state index contributed by atoms with van der Waals surface area (Å²) in [5, 5.41) is 20.4. The Morgan fingerprint density at radius 1 is 1.43 bits per heavy atom. The van der Waals surface area contributed by atoms with E-state index in [-0.39, 0.29) is 18.2 Å². The van der Waals surface area contributed by atoms with Crippen LogP contribution in [0.3, 0.4) is 0 Å². The fourth-order valence-electron chi connectivity index (χ4n) is 3.28. The van der Waals surface area contributed by atoms with Crippen LogP contribution in [0, 0.1) is 0 Å². The van der Waals surface area contributed by atoms with Crippen LogP contribution in [-0.4, -0.2) is 46.9 Å². The zero-order valence-corrected chi connectivity index (χ0v) is 14.1. The lowest BCUT2D eigenvalue weighted by Gasteiger charge is -2.32. The number of hydrogen-bond donors (Lipinski definition) is 2. The topological polar surface area (TPSA) is 70.0 Å². The number of aliphatic hydroxyl groups excluding tert-OH is 1. The Morgan fingerprint density at radius 2 is 2.17 bits per heavy atom. The zero-order valence-electron chi connectivity index (χ0n) is 12.6. The summed E-state index contributed by atoms with van der Waals surface area (Å²) in [5.41, 5.74) is -0.0294. The number of carbonyl (C=O) groups is 1. The molecule has 0 spiro atoms. The highest BCUT2D eigenvalue weighted by atomic mass is 35.5. The van der Waals surface area contributed by atoms with Crippen LogP contribution in [0.25, 0.3) is 0 Å². The third kappa shape index (κ3) is 2.83. The van der Waals surface area contributed by atoms with Gasteiger partial charge in [-0.25, -0.2) is 0 Å². The average Bonchev–Trinajstić information content (AvgIpc) is 2.93. The molecule has 23 heavy (non-hydrogen) atoms. The normalized spacial score (nSPS) is 27.0. The van der Waals surface area contributed by atoms with Gasteiger partial charge in [0.1, 0.15) is 11.4 Å². The van der Waals surface area contributed by atoms with Gasteiger partial charge in [-0.2, -0.15) is 0 Å². The van der Waals surface area contributed by atoms with E-state index in [4.69, 9.17) is 27.9 Å². The number of carbonyl (C=O) groups excluding carboxylic acids is 1. The molecule has 1 saturated heterocycles. The number of amides is 1. The molecule has 0 saturated carbocycles. The highest BCUT2D eigenvalue weighted by molar-refractivity contribution is 6.42. The van der Waals surface area contributed by atoms with Crippen molar-refractivity contribution in [3.63, 3.8) is 0 Å². The summed E-state index contributed by atoms with van der Waals surface area (Å²) in [6, 6.07) is 3.42. The Kier molecular flexibility index (Phi) is 4.31. The van der Waals surface area contributed by atoms with Crippen LogP contribution in [0.4, 0.5) is 0 Å². The van der Waals surface area contributed by atoms with Crippen molar-refractivity contribution in [2.75, 3.05) is 20.3 Å². The van der Waals surface area contributed by atoms with Gasteiger partial charge in [0.15, 0.2) is 0 Å². The first-order valence-corrected chi connectivity index (χ1v) is 8.01. The lowest BCUT2D eigenvalue weighted by molar-refractivity contribution is -0.135. The minimum absolute atomic E-state index is 0.0765. The number of allylic oxidation sites excluding steroid dienone is 1. The van der Waals surface area contributed by atoms with E-state index in [0.717, 1.165) is 5.56 Å². The molecule has 5 nitrogen and oxygen atoms in total. The zero-order chi connectivity index (χ0) is 16.8. The Labute approximate surface area is 144 Å². The fourth-order valence-corrected chi connectivity index (χ4v) is 3.76. The van der Waals surface area contributed by atoms with E-state index < -0.39 is 12.2 Å². The van der Waals surface area contributed by atoms with E-state index in [1.54, 1.807) is 30.2 Å². The molecule has 2 aliphatic heterocycles. The van der Waals surface area contributed by atoms with Crippen molar-refractivity contribution < 1.29 is 19.7 Å². The number of ether oxygens (including phenoxy) is 1. The molecule has 2 aliphatic rings. The SMILES string of the molecule is COc1ccc(Cl)c(Cl)c1[C@H]1CC2=CC(O)(CO)CC(=O)N2C1. The third-order valence-corrected chi connectivity index (χ3v) is 5.21. The molecule has 2 atom stereocenters. The van der Waals surface area contributed by atoms with Gasteiger partial charge in [0, 0.05) is 23.7 Å². The van der Waals surface area contributed by atoms with Crippen LogP contribution in [0.5, 0.6) is 5.75 Å². The second kappa shape index (κ2) is 5.98. The Balaban J connectivity index is 1.99. The Bertz CT molecular complexity index is 691. The molecule has 2 heterocycles. The number of aliphatic hydroxyl groups is 2. The Hall–Kier alpha value is -1.27. The van der Waals surface area contributed by atoms with Crippen LogP contribution in [0.15, 0.2) is 23.9 Å². The summed E-state index contributed by atoms with van der Waals surface area (Å²) in [6.07, 6.45) is 1.96. The second-order valence-electron chi connectivity index (χ2n) is 5.96. The molecule has 1 aromatic rings. The number of benzene rings is 1. The van der Waals surface area contributed by atoms with Gasteiger partial charge in [-0.05, 0) is 24.6 Å². The predicted molar refractivity (Wildman–Crippen MR) is 86.8 cm³/mol. The van der Waals surface area contributed by atoms with Crippen LogP contribution in [0.2, 0.25) is 10.0 Å². The summed E-state index contributed by atoms with van der Waals surface area (Å²) in [4.78, 5) is 13.9. The fraction of sp³-hybridized carbons (Fsp3) is 0.438. The van der Waals surface area contributed by atoms with Crippen molar-refractivity contribution >= 4 is 29.1 Å². The maximum atomic E-state index is 12.3. The largest absolute Gasteiger partial charge is 0.496 e. The molecule has 3 rings (SSSR count). The molecule has 2 N–H and O–H groups in total. The van der Waals surface area contributed by atoms with E-state index >= 15 is 0 Å². The summed E-state index contributed by atoms with van der Waals surface area (Å²) in [5.74, 6) is 0.334. The molecule has 1 amide bonds. The molecule has 0 radical (unpaired) electrons. The van der Waals surface area contributed by atoms with Gasteiger partial charge in [0.2, 0.25) is 5.91 Å². The van der Waals surface area contributed by atoms with Crippen LogP contribution < -0.4 is 4.74 Å². The average molecular weight is 358 g/mol. The van der Waals surface area contributed by atoms with Crippen molar-refractivity contribution in [3.8, 4) is 5.75 Å². The first-order chi connectivity index (χ1) is 10.9. The van der Waals surface area contributed by atoms with Gasteiger partial charge in [-0.1, -0.05) is 23.2 Å². The third-order valence-electron chi connectivity index (χ3n) is 4.39. The monoisotopic (exact) mass is 357 g/mol. The molecular formula is C16H17Cl2NO4. The van der Waals surface area contributed by atoms with Gasteiger partial charge in [0.05, 0.1) is 30.2 Å². The number of nitrogens with zero attached hydrogens (tertiary/aromatic N) is 1. The summed E-state index contributed by atoms with van der Waals surface area (Å²) < 4.78 is 5.38. The van der Waals surface area contributed by atoms with E-state index in [1.165, 1.54) is 0 Å². The lowest BCUT2D eigenvalue weighted by Crippen LogP contribution is -2.44. The molecule has 1 unspecified atom stereocenters. The number of rotatable bonds is 3. The molecule has 1 fully saturated rings. The quantitative estimate of drug-likeness (QED) is 0.870. The predicted octanol–water partition coefficient (Wildman–Crippen LogP) is 2.33. The molecule has 0 aromatic heterocycles. The van der Waals surface area contributed by atoms with Gasteiger partial charge in [-0.3, -0.25) is 4.79 Å². The minimum atomic E-state index is -1.49. The number of methoxy groups -OCH3 is 1. The molecule has 0 aliphatic carbocycles. The number of hydrogen-bond acceptors (Lipinski definition) is 4. The van der Waals surface area contributed by atoms with Crippen LogP contribution in [-0.2, 0) is 4.79 Å². The van der Waals surface area contributed by atoms with E-state index in [9.17, 15) is 15.0 Å². The van der Waals surface area contributed by atoms with Gasteiger partial charge in [0.25, 0.3) is 0 Å². The van der Waals surface area contributed by atoms with Gasteiger partial charge < -0.3 is 19.8 Å². The highest BCUT2D eigenvalue weighted by Crippen LogP contribution is 2.46. The smallest absolute Gasteiger partial charge is 0.230 e. The second-order valence-corrected chi connectivity index (χ2v) is 6.74. The summed E-state index contributed by atoms with van der Waals surface area (Å²) >= 11 is 12.5. The number of halogens is 2. The molecular weight excluding hydrogens is 341 g/mol. The first kappa shape index (κ1) is 16.6. The van der Waals surface area contributed by atoms with Gasteiger partial charge in [-0.15, -0.1) is 0 Å². The van der Waals surface area contributed by atoms with Crippen LogP contribution in [0.1, 0.15) is 24.3 Å². The van der Waals surface area contributed by atoms with E-state index in [2.05, 4.69) is 0 Å². The van der Waals surface area contributed by atoms with Crippen molar-refractivity contribution in [3.05, 3.63) is 39.5 Å². The number of fused-ring (bicyclic) bond motifs is 1. The molecule has 1 aromatic carbocycles. The first-order valence-electron chi connectivity index (χ1n) is 7.26. The highest BCUT2D eigenvalue weighted by Gasteiger charge is 2.42. The van der Waals surface area contributed by atoms with Crippen molar-refractivity contribution in [2.24, 2.45) is 0 Å². The summed E-state index contributed by atoms with van der Waals surface area (Å²) in [7, 11) is 1.56.